The first-order valence-electron chi connectivity index (χ1n) is 10.6. The lowest BCUT2D eigenvalue weighted by Crippen LogP contribution is -2.30. The SMILES string of the molecule is NCC(C1CCN(c2nc3cc(F)cc(F)c3o2)C1)n1cc(-c2ncnc3[nH]ccc23)cn1. The molecule has 3 N–H and O–H groups in total. The Morgan fingerprint density at radius 1 is 1.27 bits per heavy atom. The monoisotopic (exact) mass is 450 g/mol. The number of nitrogens with one attached hydrogen (secondary N) is 1. The molecule has 1 aliphatic rings. The molecule has 1 fully saturated rings. The van der Waals surface area contributed by atoms with Crippen LogP contribution in [0.3, 0.4) is 0 Å². The summed E-state index contributed by atoms with van der Waals surface area (Å²) in [5.74, 6) is -1.26. The van der Waals surface area contributed by atoms with E-state index in [1.165, 1.54) is 12.4 Å². The van der Waals surface area contributed by atoms with E-state index < -0.39 is 11.6 Å². The lowest BCUT2D eigenvalue weighted by molar-refractivity contribution is 0.334. The van der Waals surface area contributed by atoms with E-state index >= 15 is 0 Å². The summed E-state index contributed by atoms with van der Waals surface area (Å²) in [7, 11) is 0. The molecule has 168 valence electrons. The van der Waals surface area contributed by atoms with Crippen LogP contribution in [-0.4, -0.2) is 49.4 Å². The molecule has 4 aromatic heterocycles. The largest absolute Gasteiger partial charge is 0.420 e. The van der Waals surface area contributed by atoms with Gasteiger partial charge in [0.15, 0.2) is 11.4 Å². The molecule has 5 heterocycles. The Morgan fingerprint density at radius 2 is 2.18 bits per heavy atom. The lowest BCUT2D eigenvalue weighted by atomic mass is 9.99. The Labute approximate surface area is 186 Å². The highest BCUT2D eigenvalue weighted by atomic mass is 19.1. The number of aromatic nitrogens is 6. The predicted octanol–water partition coefficient (Wildman–Crippen LogP) is 3.27. The van der Waals surface area contributed by atoms with Crippen LogP contribution in [0.5, 0.6) is 0 Å². The molecule has 0 amide bonds. The highest BCUT2D eigenvalue weighted by molar-refractivity contribution is 5.90. The first-order chi connectivity index (χ1) is 16.1. The maximum Gasteiger partial charge on any atom is 0.298 e. The van der Waals surface area contributed by atoms with Gasteiger partial charge in [-0.2, -0.15) is 10.1 Å². The average molecular weight is 450 g/mol. The third-order valence-corrected chi connectivity index (χ3v) is 6.25. The number of hydrogen-bond donors (Lipinski definition) is 2. The average Bonchev–Trinajstić information content (AvgIpc) is 3.59. The fourth-order valence-electron chi connectivity index (χ4n) is 4.62. The molecule has 6 rings (SSSR count). The number of benzene rings is 1. The van der Waals surface area contributed by atoms with Gasteiger partial charge >= 0.3 is 0 Å². The van der Waals surface area contributed by atoms with Gasteiger partial charge in [0.1, 0.15) is 23.3 Å². The molecule has 9 nitrogen and oxygen atoms in total. The first kappa shape index (κ1) is 19.8. The molecule has 5 aromatic rings. The molecule has 1 aliphatic heterocycles. The van der Waals surface area contributed by atoms with Gasteiger partial charge in [0, 0.05) is 61.0 Å². The number of nitrogens with two attached hydrogens (primary N) is 1. The smallest absolute Gasteiger partial charge is 0.298 e. The minimum Gasteiger partial charge on any atom is -0.420 e. The molecular formula is C22H20F2N8O. The summed E-state index contributed by atoms with van der Waals surface area (Å²) < 4.78 is 35.0. The summed E-state index contributed by atoms with van der Waals surface area (Å²) in [5.41, 5.74) is 8.73. The molecule has 0 bridgehead atoms. The van der Waals surface area contributed by atoms with Crippen LogP contribution in [0.1, 0.15) is 12.5 Å². The number of oxazole rings is 1. The van der Waals surface area contributed by atoms with Crippen molar-refractivity contribution in [2.75, 3.05) is 24.5 Å². The van der Waals surface area contributed by atoms with E-state index in [1.807, 2.05) is 28.0 Å². The number of rotatable bonds is 5. The molecule has 1 aromatic carbocycles. The van der Waals surface area contributed by atoms with Crippen molar-refractivity contribution in [1.29, 1.82) is 0 Å². The van der Waals surface area contributed by atoms with Gasteiger partial charge in [-0.3, -0.25) is 4.68 Å². The topological polar surface area (TPSA) is 115 Å². The molecule has 0 saturated carbocycles. The highest BCUT2D eigenvalue weighted by Gasteiger charge is 2.33. The first-order valence-corrected chi connectivity index (χ1v) is 10.6. The minimum absolute atomic E-state index is 0.0390. The van der Waals surface area contributed by atoms with Crippen LogP contribution < -0.4 is 10.6 Å². The second kappa shape index (κ2) is 7.62. The standard InChI is InChI=1S/C22H20F2N8O/c23-14-5-16(24)20-17(6-14)30-22(33-20)31-4-2-12(9-31)18(7-25)32-10-13(8-29-32)19-15-1-3-26-21(15)28-11-27-19/h1,3,5-6,8,10-12,18H,2,4,7,9,25H2,(H,26,27,28). The van der Waals surface area contributed by atoms with Crippen molar-refractivity contribution >= 4 is 28.1 Å². The summed E-state index contributed by atoms with van der Waals surface area (Å²) in [4.78, 5) is 18.0. The fraction of sp³-hybridized carbons (Fsp3) is 0.273. The lowest BCUT2D eigenvalue weighted by Gasteiger charge is -2.22. The number of halogens is 2. The Kier molecular flexibility index (Phi) is 4.57. The number of nitrogens with zero attached hydrogens (tertiary/aromatic N) is 6. The highest BCUT2D eigenvalue weighted by Crippen LogP contribution is 2.33. The van der Waals surface area contributed by atoms with Gasteiger partial charge in [-0.1, -0.05) is 0 Å². The Morgan fingerprint density at radius 3 is 3.06 bits per heavy atom. The van der Waals surface area contributed by atoms with Crippen LogP contribution >= 0.6 is 0 Å². The Hall–Kier alpha value is -3.86. The number of fused-ring (bicyclic) bond motifs is 2. The second-order valence-electron chi connectivity index (χ2n) is 8.20. The molecule has 2 unspecified atom stereocenters. The third kappa shape index (κ3) is 3.32. The summed E-state index contributed by atoms with van der Waals surface area (Å²) >= 11 is 0. The summed E-state index contributed by atoms with van der Waals surface area (Å²) in [6.45, 7) is 1.68. The maximum absolute atomic E-state index is 14.0. The van der Waals surface area contributed by atoms with Gasteiger partial charge in [-0.05, 0) is 12.5 Å². The van der Waals surface area contributed by atoms with Crippen molar-refractivity contribution in [2.45, 2.75) is 12.5 Å². The van der Waals surface area contributed by atoms with Crippen LogP contribution in [-0.2, 0) is 0 Å². The predicted molar refractivity (Wildman–Crippen MR) is 117 cm³/mol. The summed E-state index contributed by atoms with van der Waals surface area (Å²) in [6.07, 6.45) is 7.92. The minimum atomic E-state index is -0.760. The molecule has 1 saturated heterocycles. The zero-order valence-corrected chi connectivity index (χ0v) is 17.4. The van der Waals surface area contributed by atoms with Crippen LogP contribution in [0.2, 0.25) is 0 Å². The van der Waals surface area contributed by atoms with E-state index in [1.54, 1.807) is 6.20 Å². The second-order valence-corrected chi connectivity index (χ2v) is 8.20. The Bertz CT molecular complexity index is 1460. The van der Waals surface area contributed by atoms with E-state index in [0.717, 1.165) is 34.8 Å². The fourth-order valence-corrected chi connectivity index (χ4v) is 4.62. The van der Waals surface area contributed by atoms with Gasteiger partial charge < -0.3 is 20.0 Å². The molecule has 0 aliphatic carbocycles. The van der Waals surface area contributed by atoms with Gasteiger partial charge in [0.2, 0.25) is 0 Å². The number of anilines is 1. The number of H-pyrrole nitrogens is 1. The van der Waals surface area contributed by atoms with E-state index in [0.29, 0.717) is 19.6 Å². The van der Waals surface area contributed by atoms with E-state index in [-0.39, 0.29) is 29.1 Å². The van der Waals surface area contributed by atoms with Crippen LogP contribution in [0.4, 0.5) is 14.8 Å². The zero-order chi connectivity index (χ0) is 22.5. The molecule has 0 radical (unpaired) electrons. The van der Waals surface area contributed by atoms with Crippen molar-refractivity contribution in [1.82, 2.24) is 29.7 Å². The van der Waals surface area contributed by atoms with Gasteiger partial charge in [0.05, 0.1) is 17.9 Å². The number of aromatic amines is 1. The van der Waals surface area contributed by atoms with Gasteiger partial charge in [-0.15, -0.1) is 0 Å². The van der Waals surface area contributed by atoms with Crippen molar-refractivity contribution in [3.63, 3.8) is 0 Å². The van der Waals surface area contributed by atoms with Crippen molar-refractivity contribution in [2.24, 2.45) is 11.7 Å². The van der Waals surface area contributed by atoms with Crippen molar-refractivity contribution in [3.05, 3.63) is 54.8 Å². The van der Waals surface area contributed by atoms with E-state index in [9.17, 15) is 8.78 Å². The van der Waals surface area contributed by atoms with Crippen LogP contribution in [0.15, 0.2) is 47.5 Å². The summed E-state index contributed by atoms with van der Waals surface area (Å²) in [5, 5.41) is 5.49. The molecular weight excluding hydrogens is 430 g/mol. The van der Waals surface area contributed by atoms with E-state index in [4.69, 9.17) is 10.2 Å². The van der Waals surface area contributed by atoms with Gasteiger partial charge in [-0.25, -0.2) is 18.7 Å². The maximum atomic E-state index is 14.0. The zero-order valence-electron chi connectivity index (χ0n) is 17.4. The quantitative estimate of drug-likeness (QED) is 0.422. The molecule has 11 heteroatoms. The van der Waals surface area contributed by atoms with E-state index in [2.05, 4.69) is 25.0 Å². The van der Waals surface area contributed by atoms with Crippen LogP contribution in [0.25, 0.3) is 33.4 Å². The molecule has 2 atom stereocenters. The van der Waals surface area contributed by atoms with Crippen LogP contribution in [0, 0.1) is 17.6 Å². The number of hydrogen-bond acceptors (Lipinski definition) is 7. The normalized spacial score (nSPS) is 17.4. The third-order valence-electron chi connectivity index (χ3n) is 6.25. The molecule has 33 heavy (non-hydrogen) atoms. The summed E-state index contributed by atoms with van der Waals surface area (Å²) in [6, 6.07) is 4.13. The van der Waals surface area contributed by atoms with Crippen molar-refractivity contribution in [3.8, 4) is 11.3 Å². The Balaban J connectivity index is 1.25. The van der Waals surface area contributed by atoms with Crippen molar-refractivity contribution < 1.29 is 13.2 Å². The molecule has 0 spiro atoms. The van der Waals surface area contributed by atoms with Gasteiger partial charge in [0.25, 0.3) is 6.01 Å².